The molecule has 1 aliphatic rings. The molecular formula is C13H18BrFN2. The van der Waals surface area contributed by atoms with Gasteiger partial charge >= 0.3 is 0 Å². The van der Waals surface area contributed by atoms with Gasteiger partial charge in [-0.3, -0.25) is 0 Å². The summed E-state index contributed by atoms with van der Waals surface area (Å²) in [6.07, 6.45) is 2.42. The molecule has 1 N–H and O–H groups in total. The fraction of sp³-hybridized carbons (Fsp3) is 0.538. The molecule has 0 radical (unpaired) electrons. The topological polar surface area (TPSA) is 15.3 Å². The zero-order chi connectivity index (χ0) is 12.3. The van der Waals surface area contributed by atoms with Crippen LogP contribution in [-0.2, 0) is 0 Å². The number of piperidine rings is 1. The average Bonchev–Trinajstić information content (AvgIpc) is 2.33. The number of halogens is 2. The van der Waals surface area contributed by atoms with E-state index in [1.807, 2.05) is 12.1 Å². The Hall–Kier alpha value is -0.610. The van der Waals surface area contributed by atoms with Crippen molar-refractivity contribution in [2.45, 2.75) is 25.8 Å². The molecular weight excluding hydrogens is 283 g/mol. The Morgan fingerprint density at radius 1 is 1.53 bits per heavy atom. The van der Waals surface area contributed by atoms with Gasteiger partial charge in [0.05, 0.1) is 4.47 Å². The summed E-state index contributed by atoms with van der Waals surface area (Å²) >= 11 is 3.24. The predicted molar refractivity (Wildman–Crippen MR) is 73.0 cm³/mol. The molecule has 2 nitrogen and oxygen atoms in total. The van der Waals surface area contributed by atoms with E-state index in [9.17, 15) is 4.39 Å². The van der Waals surface area contributed by atoms with E-state index in [4.69, 9.17) is 0 Å². The van der Waals surface area contributed by atoms with Crippen molar-refractivity contribution in [3.05, 3.63) is 28.5 Å². The zero-order valence-corrected chi connectivity index (χ0v) is 11.6. The summed E-state index contributed by atoms with van der Waals surface area (Å²) in [5.74, 6) is -0.200. The van der Waals surface area contributed by atoms with E-state index in [1.165, 1.54) is 18.9 Å². The molecule has 1 heterocycles. The molecule has 1 atom stereocenters. The maximum atomic E-state index is 13.2. The van der Waals surface area contributed by atoms with Crippen molar-refractivity contribution in [2.75, 3.05) is 24.5 Å². The third kappa shape index (κ3) is 3.19. The van der Waals surface area contributed by atoms with Crippen LogP contribution in [0.3, 0.4) is 0 Å². The van der Waals surface area contributed by atoms with E-state index in [2.05, 4.69) is 33.1 Å². The van der Waals surface area contributed by atoms with Crippen molar-refractivity contribution in [3.8, 4) is 0 Å². The van der Waals surface area contributed by atoms with Crippen molar-refractivity contribution in [2.24, 2.45) is 0 Å². The van der Waals surface area contributed by atoms with Crippen molar-refractivity contribution in [3.63, 3.8) is 0 Å². The van der Waals surface area contributed by atoms with Crippen LogP contribution in [0.4, 0.5) is 10.1 Å². The van der Waals surface area contributed by atoms with E-state index in [1.54, 1.807) is 0 Å². The highest BCUT2D eigenvalue weighted by molar-refractivity contribution is 9.10. The molecule has 1 aromatic carbocycles. The molecule has 1 aromatic rings. The highest BCUT2D eigenvalue weighted by atomic mass is 79.9. The molecule has 4 heteroatoms. The number of nitrogens with zero attached hydrogens (tertiary/aromatic N) is 1. The molecule has 94 valence electrons. The van der Waals surface area contributed by atoms with Gasteiger partial charge in [0.15, 0.2) is 0 Å². The molecule has 1 saturated heterocycles. The first kappa shape index (κ1) is 12.8. The van der Waals surface area contributed by atoms with Crippen molar-refractivity contribution in [1.29, 1.82) is 0 Å². The summed E-state index contributed by atoms with van der Waals surface area (Å²) in [6.45, 7) is 5.20. The first-order chi connectivity index (χ1) is 8.20. The summed E-state index contributed by atoms with van der Waals surface area (Å²) in [6, 6.07) is 5.80. The Bertz CT molecular complexity index is 382. The van der Waals surface area contributed by atoms with Crippen LogP contribution < -0.4 is 10.2 Å². The van der Waals surface area contributed by atoms with Gasteiger partial charge in [-0.1, -0.05) is 6.92 Å². The number of hydrogen-bond acceptors (Lipinski definition) is 2. The Balaban J connectivity index is 2.08. The normalized spacial score (nSPS) is 20.6. The monoisotopic (exact) mass is 300 g/mol. The van der Waals surface area contributed by atoms with E-state index in [0.29, 0.717) is 10.5 Å². The highest BCUT2D eigenvalue weighted by Gasteiger charge is 2.19. The van der Waals surface area contributed by atoms with Crippen LogP contribution in [0, 0.1) is 5.82 Å². The lowest BCUT2D eigenvalue weighted by molar-refractivity contribution is 0.431. The number of hydrogen-bond donors (Lipinski definition) is 1. The standard InChI is InChI=1S/C13H18BrFN2/c1-2-16-10-4-3-7-17(9-10)11-5-6-13(15)12(14)8-11/h5-6,8,10,16H,2-4,7,9H2,1H3. The molecule has 0 bridgehead atoms. The maximum Gasteiger partial charge on any atom is 0.137 e. The molecule has 17 heavy (non-hydrogen) atoms. The second-order valence-corrected chi connectivity index (χ2v) is 5.30. The third-order valence-corrected chi connectivity index (χ3v) is 3.79. The second-order valence-electron chi connectivity index (χ2n) is 4.44. The van der Waals surface area contributed by atoms with Gasteiger partial charge in [0.2, 0.25) is 0 Å². The minimum absolute atomic E-state index is 0.200. The van der Waals surface area contributed by atoms with Crippen molar-refractivity contribution < 1.29 is 4.39 Å². The van der Waals surface area contributed by atoms with Gasteiger partial charge in [0.1, 0.15) is 5.82 Å². The smallest absolute Gasteiger partial charge is 0.137 e. The van der Waals surface area contributed by atoms with Crippen molar-refractivity contribution in [1.82, 2.24) is 5.32 Å². The quantitative estimate of drug-likeness (QED) is 0.922. The molecule has 0 amide bonds. The molecule has 0 aromatic heterocycles. The molecule has 0 aliphatic carbocycles. The minimum Gasteiger partial charge on any atom is -0.370 e. The minimum atomic E-state index is -0.200. The van der Waals surface area contributed by atoms with Crippen LogP contribution in [0.25, 0.3) is 0 Å². The lowest BCUT2D eigenvalue weighted by atomic mass is 10.0. The lowest BCUT2D eigenvalue weighted by Crippen LogP contribution is -2.45. The summed E-state index contributed by atoms with van der Waals surface area (Å²) in [4.78, 5) is 2.32. The Labute approximate surface area is 110 Å². The molecule has 1 fully saturated rings. The average molecular weight is 301 g/mol. The highest BCUT2D eigenvalue weighted by Crippen LogP contribution is 2.25. The zero-order valence-electron chi connectivity index (χ0n) is 10.0. The van der Waals surface area contributed by atoms with E-state index < -0.39 is 0 Å². The van der Waals surface area contributed by atoms with Crippen LogP contribution in [0.2, 0.25) is 0 Å². The van der Waals surface area contributed by atoms with Gasteiger partial charge in [0.25, 0.3) is 0 Å². The summed E-state index contributed by atoms with van der Waals surface area (Å²) in [5.41, 5.74) is 1.10. The lowest BCUT2D eigenvalue weighted by Gasteiger charge is -2.34. The largest absolute Gasteiger partial charge is 0.370 e. The van der Waals surface area contributed by atoms with Gasteiger partial charge in [-0.2, -0.15) is 0 Å². The summed E-state index contributed by atoms with van der Waals surface area (Å²) < 4.78 is 13.7. The Kier molecular flexibility index (Phi) is 4.40. The van der Waals surface area contributed by atoms with Gasteiger partial charge in [-0.15, -0.1) is 0 Å². The fourth-order valence-corrected chi connectivity index (χ4v) is 2.72. The van der Waals surface area contributed by atoms with Crippen molar-refractivity contribution >= 4 is 21.6 Å². The number of nitrogens with one attached hydrogen (secondary N) is 1. The fourth-order valence-electron chi connectivity index (χ4n) is 2.35. The number of rotatable bonds is 3. The van der Waals surface area contributed by atoms with Crippen LogP contribution >= 0.6 is 15.9 Å². The van der Waals surface area contributed by atoms with Crippen LogP contribution in [0.1, 0.15) is 19.8 Å². The van der Waals surface area contributed by atoms with E-state index in [-0.39, 0.29) is 5.82 Å². The second kappa shape index (κ2) is 5.83. The molecule has 0 spiro atoms. The van der Waals surface area contributed by atoms with Gasteiger partial charge < -0.3 is 10.2 Å². The number of benzene rings is 1. The Morgan fingerprint density at radius 3 is 3.06 bits per heavy atom. The summed E-state index contributed by atoms with van der Waals surface area (Å²) in [7, 11) is 0. The predicted octanol–water partition coefficient (Wildman–Crippen LogP) is 3.17. The van der Waals surface area contributed by atoms with Gasteiger partial charge in [-0.25, -0.2) is 4.39 Å². The first-order valence-electron chi connectivity index (χ1n) is 6.14. The number of anilines is 1. The number of likely N-dealkylation sites (N-methyl/N-ethyl adjacent to an activating group) is 1. The SMILES string of the molecule is CCNC1CCCN(c2ccc(F)c(Br)c2)C1. The molecule has 1 aliphatic heterocycles. The molecule has 1 unspecified atom stereocenters. The molecule has 0 saturated carbocycles. The summed E-state index contributed by atoms with van der Waals surface area (Å²) in [5, 5.41) is 3.48. The van der Waals surface area contributed by atoms with Gasteiger partial charge in [0, 0.05) is 24.8 Å². The maximum absolute atomic E-state index is 13.2. The van der Waals surface area contributed by atoms with E-state index in [0.717, 1.165) is 25.3 Å². The van der Waals surface area contributed by atoms with Crippen LogP contribution in [0.15, 0.2) is 22.7 Å². The van der Waals surface area contributed by atoms with E-state index >= 15 is 0 Å². The van der Waals surface area contributed by atoms with Gasteiger partial charge in [-0.05, 0) is 53.5 Å². The van der Waals surface area contributed by atoms with Crippen LogP contribution in [0.5, 0.6) is 0 Å². The third-order valence-electron chi connectivity index (χ3n) is 3.18. The molecule has 2 rings (SSSR count). The van der Waals surface area contributed by atoms with Crippen LogP contribution in [-0.4, -0.2) is 25.7 Å². The first-order valence-corrected chi connectivity index (χ1v) is 6.93. The Morgan fingerprint density at radius 2 is 2.35 bits per heavy atom.